The fraction of sp³-hybridized carbons (Fsp3) is 0.333. The number of carbonyl (C=O) groups is 1. The van der Waals surface area contributed by atoms with Crippen LogP contribution in [0.1, 0.15) is 17.3 Å². The molecule has 0 spiro atoms. The van der Waals surface area contributed by atoms with E-state index in [-0.39, 0.29) is 5.78 Å². The van der Waals surface area contributed by atoms with Crippen LogP contribution < -0.4 is 4.48 Å². The summed E-state index contributed by atoms with van der Waals surface area (Å²) < 4.78 is 0.579. The Morgan fingerprint density at radius 1 is 1.33 bits per heavy atom. The Hall–Kier alpha value is -1.66. The molecule has 0 saturated heterocycles. The zero-order valence-corrected chi connectivity index (χ0v) is 9.53. The summed E-state index contributed by atoms with van der Waals surface area (Å²) in [5.41, 5.74) is 2.07. The van der Waals surface area contributed by atoms with Crippen molar-refractivity contribution in [3.63, 3.8) is 0 Å². The number of hydrogen-bond donors (Lipinski definition) is 0. The molecule has 0 aliphatic rings. The van der Waals surface area contributed by atoms with Gasteiger partial charge >= 0.3 is 0 Å². The molecular weight excluding hydrogens is 188 g/mol. The maximum Gasteiger partial charge on any atom is 0.246 e. The van der Waals surface area contributed by atoms with E-state index in [1.54, 1.807) is 12.1 Å². The molecule has 0 amide bonds. The second kappa shape index (κ2) is 3.84. The molecule has 0 unspecified atom stereocenters. The van der Waals surface area contributed by atoms with Crippen molar-refractivity contribution in [3.8, 4) is 0 Å². The van der Waals surface area contributed by atoms with Crippen LogP contribution in [0.25, 0.3) is 4.85 Å². The van der Waals surface area contributed by atoms with E-state index < -0.39 is 0 Å². The SMILES string of the molecule is [C-]#[N+]c1cc(C(C)=O)ccc1[N+](C)(C)C. The highest BCUT2D eigenvalue weighted by Crippen LogP contribution is 2.31. The van der Waals surface area contributed by atoms with E-state index in [4.69, 9.17) is 6.57 Å². The van der Waals surface area contributed by atoms with Gasteiger partial charge in [0.15, 0.2) is 5.78 Å². The van der Waals surface area contributed by atoms with E-state index in [2.05, 4.69) is 4.85 Å². The van der Waals surface area contributed by atoms with Gasteiger partial charge in [-0.1, -0.05) is 0 Å². The Balaban J connectivity index is 3.36. The summed E-state index contributed by atoms with van der Waals surface area (Å²) in [7, 11) is 5.99. The van der Waals surface area contributed by atoms with Crippen molar-refractivity contribution in [1.82, 2.24) is 4.48 Å². The molecule has 78 valence electrons. The maximum absolute atomic E-state index is 11.2. The number of Topliss-reactive ketones (excluding diaryl/α,β-unsaturated/α-hetero) is 1. The molecule has 0 radical (unpaired) electrons. The van der Waals surface area contributed by atoms with Gasteiger partial charge < -0.3 is 4.48 Å². The molecule has 0 atom stereocenters. The highest BCUT2D eigenvalue weighted by Gasteiger charge is 2.18. The fourth-order valence-electron chi connectivity index (χ4n) is 1.40. The van der Waals surface area contributed by atoms with Gasteiger partial charge in [-0.3, -0.25) is 4.79 Å². The van der Waals surface area contributed by atoms with Crippen LogP contribution in [0.5, 0.6) is 0 Å². The number of rotatable bonds is 2. The normalized spacial score (nSPS) is 10.9. The molecule has 0 aliphatic carbocycles. The van der Waals surface area contributed by atoms with E-state index in [9.17, 15) is 4.79 Å². The monoisotopic (exact) mass is 203 g/mol. The highest BCUT2D eigenvalue weighted by molar-refractivity contribution is 5.96. The smallest absolute Gasteiger partial charge is 0.246 e. The van der Waals surface area contributed by atoms with Crippen molar-refractivity contribution in [2.75, 3.05) is 21.1 Å². The molecule has 0 aliphatic heterocycles. The number of ketones is 1. The molecule has 0 fully saturated rings. The maximum atomic E-state index is 11.2. The van der Waals surface area contributed by atoms with Crippen LogP contribution in [-0.4, -0.2) is 26.9 Å². The van der Waals surface area contributed by atoms with Crippen molar-refractivity contribution >= 4 is 17.2 Å². The van der Waals surface area contributed by atoms with Crippen LogP contribution in [0, 0.1) is 6.57 Å². The topological polar surface area (TPSA) is 21.4 Å². The zero-order valence-electron chi connectivity index (χ0n) is 9.53. The molecule has 1 aromatic carbocycles. The lowest BCUT2D eigenvalue weighted by Crippen LogP contribution is -2.34. The van der Waals surface area contributed by atoms with E-state index in [0.717, 1.165) is 5.69 Å². The van der Waals surface area contributed by atoms with Crippen molar-refractivity contribution in [2.24, 2.45) is 0 Å². The minimum absolute atomic E-state index is 0.00661. The molecular formula is C12H15N2O+. The molecule has 3 nitrogen and oxygen atoms in total. The fourth-order valence-corrected chi connectivity index (χ4v) is 1.40. The summed E-state index contributed by atoms with van der Waals surface area (Å²) in [6.07, 6.45) is 0. The number of carbonyl (C=O) groups excluding carboxylic acids is 1. The summed E-state index contributed by atoms with van der Waals surface area (Å²) in [5, 5.41) is 0. The van der Waals surface area contributed by atoms with E-state index >= 15 is 0 Å². The molecule has 0 N–H and O–H groups in total. The van der Waals surface area contributed by atoms with E-state index in [1.165, 1.54) is 6.92 Å². The van der Waals surface area contributed by atoms with Crippen molar-refractivity contribution in [2.45, 2.75) is 6.92 Å². The lowest BCUT2D eigenvalue weighted by molar-refractivity contribution is 0.101. The third-order valence-electron chi connectivity index (χ3n) is 2.23. The van der Waals surface area contributed by atoms with Gasteiger partial charge in [0.05, 0.1) is 27.7 Å². The molecule has 0 heterocycles. The van der Waals surface area contributed by atoms with Crippen molar-refractivity contribution in [3.05, 3.63) is 35.2 Å². The van der Waals surface area contributed by atoms with Gasteiger partial charge in [-0.25, -0.2) is 4.85 Å². The van der Waals surface area contributed by atoms with Gasteiger partial charge in [-0.15, -0.1) is 0 Å². The summed E-state index contributed by atoms with van der Waals surface area (Å²) >= 11 is 0. The minimum atomic E-state index is -0.00661. The minimum Gasteiger partial charge on any atom is -0.307 e. The van der Waals surface area contributed by atoms with Gasteiger partial charge in [0.2, 0.25) is 5.69 Å². The number of quaternary nitrogens is 1. The van der Waals surface area contributed by atoms with Gasteiger partial charge in [0, 0.05) is 5.56 Å². The average molecular weight is 203 g/mol. The highest BCUT2D eigenvalue weighted by atomic mass is 16.1. The predicted molar refractivity (Wildman–Crippen MR) is 62.3 cm³/mol. The second-order valence-corrected chi connectivity index (χ2v) is 4.38. The van der Waals surface area contributed by atoms with Gasteiger partial charge in [0.25, 0.3) is 0 Å². The first-order valence-corrected chi connectivity index (χ1v) is 4.70. The van der Waals surface area contributed by atoms with Gasteiger partial charge in [-0.2, -0.15) is 0 Å². The molecule has 15 heavy (non-hydrogen) atoms. The van der Waals surface area contributed by atoms with E-state index in [0.29, 0.717) is 15.7 Å². The number of nitrogens with zero attached hydrogens (tertiary/aromatic N) is 2. The lowest BCUT2D eigenvalue weighted by atomic mass is 10.1. The standard InChI is InChI=1S/C12H15N2O/c1-9(15)10-6-7-12(14(3,4)5)11(8-10)13-2/h6-8H,1,3-5H3/q+1. The van der Waals surface area contributed by atoms with E-state index in [1.807, 2.05) is 27.2 Å². The third kappa shape index (κ3) is 2.42. The zero-order chi connectivity index (χ0) is 11.6. The van der Waals surface area contributed by atoms with Crippen LogP contribution in [-0.2, 0) is 0 Å². The predicted octanol–water partition coefficient (Wildman–Crippen LogP) is 2.64. The molecule has 1 aromatic rings. The Bertz CT molecular complexity index is 436. The first-order valence-electron chi connectivity index (χ1n) is 4.70. The largest absolute Gasteiger partial charge is 0.307 e. The first kappa shape index (κ1) is 11.4. The number of hydrogen-bond acceptors (Lipinski definition) is 1. The summed E-state index contributed by atoms with van der Waals surface area (Å²) in [6, 6.07) is 5.29. The summed E-state index contributed by atoms with van der Waals surface area (Å²) in [5.74, 6) is -0.00661. The van der Waals surface area contributed by atoms with Crippen molar-refractivity contribution < 1.29 is 4.79 Å². The molecule has 0 aromatic heterocycles. The Kier molecular flexibility index (Phi) is 2.92. The summed E-state index contributed by atoms with van der Waals surface area (Å²) in [6.45, 7) is 8.61. The van der Waals surface area contributed by atoms with Crippen molar-refractivity contribution in [1.29, 1.82) is 0 Å². The first-order chi connectivity index (χ1) is 6.86. The Morgan fingerprint density at radius 3 is 2.33 bits per heavy atom. The van der Waals surface area contributed by atoms with Crippen LogP contribution in [0.2, 0.25) is 0 Å². The molecule has 0 saturated carbocycles. The van der Waals surface area contributed by atoms with Crippen LogP contribution in [0.4, 0.5) is 11.4 Å². The van der Waals surface area contributed by atoms with Crippen LogP contribution in [0.3, 0.4) is 0 Å². The van der Waals surface area contributed by atoms with Gasteiger partial charge in [0.1, 0.15) is 5.69 Å². The third-order valence-corrected chi connectivity index (χ3v) is 2.23. The second-order valence-electron chi connectivity index (χ2n) is 4.38. The van der Waals surface area contributed by atoms with Crippen LogP contribution >= 0.6 is 0 Å². The Morgan fingerprint density at radius 2 is 1.93 bits per heavy atom. The molecule has 1 rings (SSSR count). The summed E-state index contributed by atoms with van der Waals surface area (Å²) in [4.78, 5) is 14.6. The average Bonchev–Trinajstić information content (AvgIpc) is 2.15. The quantitative estimate of drug-likeness (QED) is 0.411. The van der Waals surface area contributed by atoms with Crippen LogP contribution in [0.15, 0.2) is 18.2 Å². The van der Waals surface area contributed by atoms with Gasteiger partial charge in [-0.05, 0) is 25.1 Å². The number of benzene rings is 1. The Labute approximate surface area is 90.4 Å². The lowest BCUT2D eigenvalue weighted by Gasteiger charge is -2.24. The molecule has 3 heteroatoms. The molecule has 0 bridgehead atoms.